The van der Waals surface area contributed by atoms with E-state index in [1.54, 1.807) is 35.9 Å². The molecule has 1 N–H and O–H groups in total. The highest BCUT2D eigenvalue weighted by Crippen LogP contribution is 2.23. The molecular weight excluding hydrogens is 393 g/mol. The Hall–Kier alpha value is -3.13. The van der Waals surface area contributed by atoms with Gasteiger partial charge in [-0.3, -0.25) is 4.79 Å². The minimum Gasteiger partial charge on any atom is -0.312 e. The highest BCUT2D eigenvalue weighted by molar-refractivity contribution is 6.30. The number of aryl methyl sites for hydroxylation is 1. The van der Waals surface area contributed by atoms with Gasteiger partial charge in [0.25, 0.3) is 5.56 Å². The van der Waals surface area contributed by atoms with E-state index in [2.05, 4.69) is 15.0 Å². The lowest BCUT2D eigenvalue weighted by Crippen LogP contribution is -2.13. The number of benzene rings is 2. The van der Waals surface area contributed by atoms with Crippen molar-refractivity contribution in [1.82, 2.24) is 19.5 Å². The first kappa shape index (κ1) is 18.2. The molecule has 2 heterocycles. The maximum Gasteiger partial charge on any atom is 0.279 e. The lowest BCUT2D eigenvalue weighted by atomic mass is 10.1. The van der Waals surface area contributed by atoms with Crippen LogP contribution in [0.4, 0.5) is 13.2 Å². The van der Waals surface area contributed by atoms with E-state index in [1.165, 1.54) is 0 Å². The number of halogens is 4. The van der Waals surface area contributed by atoms with Crippen LogP contribution in [-0.2, 0) is 13.5 Å². The SMILES string of the molecule is Cn1c(-c2ccc(Cl)cc2)nc2c(=O)[nH]c(Cc3ccc(F)c(F)c3F)nc21. The quantitative estimate of drug-likeness (QED) is 0.525. The first-order chi connectivity index (χ1) is 13.3. The number of rotatable bonds is 3. The monoisotopic (exact) mass is 404 g/mol. The van der Waals surface area contributed by atoms with E-state index in [4.69, 9.17) is 11.6 Å². The normalized spacial score (nSPS) is 11.3. The van der Waals surface area contributed by atoms with Crippen molar-refractivity contribution in [1.29, 1.82) is 0 Å². The number of hydrogen-bond acceptors (Lipinski definition) is 3. The van der Waals surface area contributed by atoms with Gasteiger partial charge in [-0.25, -0.2) is 23.1 Å². The van der Waals surface area contributed by atoms with Gasteiger partial charge in [0.05, 0.1) is 0 Å². The second-order valence-corrected chi connectivity index (χ2v) is 6.63. The van der Waals surface area contributed by atoms with Gasteiger partial charge in [-0.1, -0.05) is 17.7 Å². The van der Waals surface area contributed by atoms with Crippen LogP contribution in [0, 0.1) is 17.5 Å². The van der Waals surface area contributed by atoms with Gasteiger partial charge < -0.3 is 9.55 Å². The van der Waals surface area contributed by atoms with Crippen molar-refractivity contribution < 1.29 is 13.2 Å². The maximum absolute atomic E-state index is 13.9. The van der Waals surface area contributed by atoms with E-state index in [-0.39, 0.29) is 29.0 Å². The molecule has 0 amide bonds. The van der Waals surface area contributed by atoms with Gasteiger partial charge in [0, 0.05) is 24.1 Å². The third kappa shape index (κ3) is 3.05. The fourth-order valence-electron chi connectivity index (χ4n) is 2.94. The average molecular weight is 405 g/mol. The lowest BCUT2D eigenvalue weighted by molar-refractivity contribution is 0.441. The van der Waals surface area contributed by atoms with Crippen LogP contribution in [0.3, 0.4) is 0 Å². The molecule has 0 saturated carbocycles. The number of hydrogen-bond donors (Lipinski definition) is 1. The molecule has 0 radical (unpaired) electrons. The molecule has 2 aromatic heterocycles. The number of nitrogens with one attached hydrogen (secondary N) is 1. The van der Waals surface area contributed by atoms with Crippen LogP contribution >= 0.6 is 11.6 Å². The fraction of sp³-hybridized carbons (Fsp3) is 0.105. The average Bonchev–Trinajstić information content (AvgIpc) is 3.00. The molecule has 0 aliphatic heterocycles. The molecule has 0 fully saturated rings. The van der Waals surface area contributed by atoms with Crippen LogP contribution in [0.1, 0.15) is 11.4 Å². The molecule has 9 heteroatoms. The smallest absolute Gasteiger partial charge is 0.279 e. The number of nitrogens with zero attached hydrogens (tertiary/aromatic N) is 3. The summed E-state index contributed by atoms with van der Waals surface area (Å²) in [5, 5.41) is 0.564. The highest BCUT2D eigenvalue weighted by atomic mass is 35.5. The molecule has 0 unspecified atom stereocenters. The molecule has 5 nitrogen and oxygen atoms in total. The molecule has 0 aliphatic rings. The van der Waals surface area contributed by atoms with E-state index < -0.39 is 23.0 Å². The van der Waals surface area contributed by atoms with E-state index in [1.807, 2.05) is 0 Å². The molecule has 28 heavy (non-hydrogen) atoms. The molecule has 142 valence electrons. The topological polar surface area (TPSA) is 63.6 Å². The second-order valence-electron chi connectivity index (χ2n) is 6.20. The Bertz CT molecular complexity index is 1270. The van der Waals surface area contributed by atoms with Gasteiger partial charge in [0.2, 0.25) is 0 Å². The summed E-state index contributed by atoms with van der Waals surface area (Å²) >= 11 is 5.90. The minimum absolute atomic E-state index is 0.105. The zero-order chi connectivity index (χ0) is 20.0. The first-order valence-electron chi connectivity index (χ1n) is 8.19. The molecule has 4 aromatic rings. The lowest BCUT2D eigenvalue weighted by Gasteiger charge is -2.05. The molecule has 0 bridgehead atoms. The zero-order valence-electron chi connectivity index (χ0n) is 14.4. The van der Waals surface area contributed by atoms with Crippen molar-refractivity contribution in [3.63, 3.8) is 0 Å². The third-order valence-electron chi connectivity index (χ3n) is 4.35. The summed E-state index contributed by atoms with van der Waals surface area (Å²) < 4.78 is 42.1. The zero-order valence-corrected chi connectivity index (χ0v) is 15.2. The summed E-state index contributed by atoms with van der Waals surface area (Å²) in [7, 11) is 1.69. The Morgan fingerprint density at radius 2 is 1.75 bits per heavy atom. The summed E-state index contributed by atoms with van der Waals surface area (Å²) in [6, 6.07) is 8.86. The van der Waals surface area contributed by atoms with E-state index in [9.17, 15) is 18.0 Å². The van der Waals surface area contributed by atoms with Crippen LogP contribution in [0.15, 0.2) is 41.2 Å². The second kappa shape index (κ2) is 6.79. The van der Waals surface area contributed by atoms with Crippen molar-refractivity contribution in [3.05, 3.63) is 80.6 Å². The van der Waals surface area contributed by atoms with Gasteiger partial charge >= 0.3 is 0 Å². The summed E-state index contributed by atoms with van der Waals surface area (Å²) in [5.74, 6) is -3.55. The number of imidazole rings is 1. The maximum atomic E-state index is 13.9. The summed E-state index contributed by atoms with van der Waals surface area (Å²) in [5.41, 5.74) is 0.492. The summed E-state index contributed by atoms with van der Waals surface area (Å²) in [4.78, 5) is 23.6. The number of fused-ring (bicyclic) bond motifs is 1. The van der Waals surface area contributed by atoms with Crippen LogP contribution in [-0.4, -0.2) is 19.5 Å². The Labute approximate surface area is 161 Å². The van der Waals surface area contributed by atoms with Gasteiger partial charge in [0.15, 0.2) is 28.6 Å². The Morgan fingerprint density at radius 1 is 1.04 bits per heavy atom. The standard InChI is InChI=1S/C19H12ClF3N4O/c1-27-17(9-2-5-11(20)6-3-9)26-16-18(27)24-13(25-19(16)28)8-10-4-7-12(21)15(23)14(10)22/h2-7H,8H2,1H3,(H,24,25,28). The van der Waals surface area contributed by atoms with Crippen molar-refractivity contribution in [3.8, 4) is 11.4 Å². The fourth-order valence-corrected chi connectivity index (χ4v) is 3.07. The predicted octanol–water partition coefficient (Wildman–Crippen LogP) is 3.99. The van der Waals surface area contributed by atoms with Crippen molar-refractivity contribution in [2.24, 2.45) is 7.05 Å². The minimum atomic E-state index is -1.56. The van der Waals surface area contributed by atoms with Gasteiger partial charge in [-0.15, -0.1) is 0 Å². The van der Waals surface area contributed by atoms with E-state index >= 15 is 0 Å². The van der Waals surface area contributed by atoms with Crippen LogP contribution < -0.4 is 5.56 Å². The van der Waals surface area contributed by atoms with Gasteiger partial charge in [0.1, 0.15) is 11.6 Å². The Kier molecular flexibility index (Phi) is 4.43. The number of aromatic nitrogens is 4. The highest BCUT2D eigenvalue weighted by Gasteiger charge is 2.18. The molecule has 0 saturated heterocycles. The van der Waals surface area contributed by atoms with E-state index in [0.717, 1.165) is 17.7 Å². The largest absolute Gasteiger partial charge is 0.312 e. The molecule has 0 atom stereocenters. The van der Waals surface area contributed by atoms with Crippen LogP contribution in [0.2, 0.25) is 5.02 Å². The number of aromatic amines is 1. The first-order valence-corrected chi connectivity index (χ1v) is 8.57. The Balaban J connectivity index is 1.80. The number of H-pyrrole nitrogens is 1. The molecule has 0 aliphatic carbocycles. The molecule has 2 aromatic carbocycles. The molecular formula is C19H12ClF3N4O. The van der Waals surface area contributed by atoms with Crippen molar-refractivity contribution in [2.75, 3.05) is 0 Å². The van der Waals surface area contributed by atoms with E-state index in [0.29, 0.717) is 10.8 Å². The summed E-state index contributed by atoms with van der Waals surface area (Å²) in [6.45, 7) is 0. The van der Waals surface area contributed by atoms with Crippen molar-refractivity contribution in [2.45, 2.75) is 6.42 Å². The third-order valence-corrected chi connectivity index (χ3v) is 4.61. The predicted molar refractivity (Wildman–Crippen MR) is 98.7 cm³/mol. The van der Waals surface area contributed by atoms with Crippen LogP contribution in [0.5, 0.6) is 0 Å². The van der Waals surface area contributed by atoms with Crippen molar-refractivity contribution >= 4 is 22.8 Å². The van der Waals surface area contributed by atoms with Gasteiger partial charge in [-0.05, 0) is 35.9 Å². The van der Waals surface area contributed by atoms with Crippen LogP contribution in [0.25, 0.3) is 22.6 Å². The summed E-state index contributed by atoms with van der Waals surface area (Å²) in [6.07, 6.45) is -0.213. The molecule has 0 spiro atoms. The Morgan fingerprint density at radius 3 is 2.46 bits per heavy atom. The molecule has 4 rings (SSSR count). The van der Waals surface area contributed by atoms with Gasteiger partial charge in [-0.2, -0.15) is 0 Å².